The summed E-state index contributed by atoms with van der Waals surface area (Å²) in [7, 11) is 1.61. The Morgan fingerprint density at radius 2 is 2.18 bits per heavy atom. The van der Waals surface area contributed by atoms with Gasteiger partial charge in [-0.25, -0.2) is 9.78 Å². The van der Waals surface area contributed by atoms with Gasteiger partial charge in [0.15, 0.2) is 5.16 Å². The molecule has 1 aromatic carbocycles. The molecule has 0 saturated carbocycles. The summed E-state index contributed by atoms with van der Waals surface area (Å²) >= 11 is 2.59. The summed E-state index contributed by atoms with van der Waals surface area (Å²) in [5, 5.41) is 5.68. The second kappa shape index (κ2) is 9.43. The van der Waals surface area contributed by atoms with E-state index in [1.54, 1.807) is 31.7 Å². The molecule has 3 aromatic rings. The Kier molecular flexibility index (Phi) is 6.72. The predicted octanol–water partition coefficient (Wildman–Crippen LogP) is 3.85. The number of rotatable bonds is 8. The molecule has 0 unspecified atom stereocenters. The zero-order chi connectivity index (χ0) is 19.9. The van der Waals surface area contributed by atoms with Gasteiger partial charge in [-0.05, 0) is 30.5 Å². The smallest absolute Gasteiger partial charge is 0.341 e. The summed E-state index contributed by atoms with van der Waals surface area (Å²) in [5.41, 5.74) is 1.26. The maximum Gasteiger partial charge on any atom is 0.341 e. The lowest BCUT2D eigenvalue weighted by Gasteiger charge is -2.09. The van der Waals surface area contributed by atoms with Crippen LogP contribution in [0, 0.1) is 0 Å². The molecule has 0 aliphatic rings. The molecular weight excluding hydrogens is 398 g/mol. The Bertz CT molecular complexity index is 968. The van der Waals surface area contributed by atoms with Crippen LogP contribution >= 0.6 is 23.1 Å². The van der Waals surface area contributed by atoms with Crippen LogP contribution in [0.25, 0.3) is 5.69 Å². The van der Waals surface area contributed by atoms with Crippen LogP contribution in [-0.2, 0) is 9.53 Å². The SMILES string of the molecule is CCOC(=O)c1ccsc1NC(=O)CSc1nccn1-c1cccc(OC)c1. The van der Waals surface area contributed by atoms with Crippen molar-refractivity contribution in [1.82, 2.24) is 9.55 Å². The van der Waals surface area contributed by atoms with Crippen molar-refractivity contribution in [2.45, 2.75) is 12.1 Å². The maximum absolute atomic E-state index is 12.4. The van der Waals surface area contributed by atoms with Crippen molar-refractivity contribution in [2.75, 3.05) is 24.8 Å². The van der Waals surface area contributed by atoms with Crippen LogP contribution in [0.2, 0.25) is 0 Å². The largest absolute Gasteiger partial charge is 0.497 e. The van der Waals surface area contributed by atoms with Crippen LogP contribution in [0.1, 0.15) is 17.3 Å². The van der Waals surface area contributed by atoms with Crippen LogP contribution in [0.4, 0.5) is 5.00 Å². The highest BCUT2D eigenvalue weighted by Gasteiger charge is 2.17. The third-order valence-corrected chi connectivity index (χ3v) is 5.48. The third-order valence-electron chi connectivity index (χ3n) is 3.68. The second-order valence-corrected chi connectivity index (χ2v) is 7.36. The standard InChI is InChI=1S/C19H19N3O4S2/c1-3-26-18(24)15-7-10-27-17(15)21-16(23)12-28-19-20-8-9-22(19)13-5-4-6-14(11-13)25-2/h4-11H,3,12H2,1-2H3,(H,21,23). The van der Waals surface area contributed by atoms with E-state index >= 15 is 0 Å². The van der Waals surface area contributed by atoms with Crippen LogP contribution in [0.3, 0.4) is 0 Å². The fraction of sp³-hybridized carbons (Fsp3) is 0.211. The number of thioether (sulfide) groups is 1. The van der Waals surface area contributed by atoms with Crippen molar-refractivity contribution in [3.8, 4) is 11.4 Å². The molecule has 0 saturated heterocycles. The number of methoxy groups -OCH3 is 1. The van der Waals surface area contributed by atoms with Gasteiger partial charge in [-0.2, -0.15) is 0 Å². The van der Waals surface area contributed by atoms with Crippen molar-refractivity contribution in [1.29, 1.82) is 0 Å². The van der Waals surface area contributed by atoms with Crippen molar-refractivity contribution in [2.24, 2.45) is 0 Å². The van der Waals surface area contributed by atoms with Crippen molar-refractivity contribution >= 4 is 40.0 Å². The number of nitrogens with one attached hydrogen (secondary N) is 1. The first-order valence-corrected chi connectivity index (χ1v) is 10.3. The Balaban J connectivity index is 1.64. The summed E-state index contributed by atoms with van der Waals surface area (Å²) in [6.07, 6.45) is 3.50. The molecule has 0 radical (unpaired) electrons. The van der Waals surface area contributed by atoms with Gasteiger partial charge in [-0.15, -0.1) is 11.3 Å². The van der Waals surface area contributed by atoms with E-state index < -0.39 is 5.97 Å². The van der Waals surface area contributed by atoms with E-state index in [2.05, 4.69) is 10.3 Å². The fourth-order valence-corrected chi connectivity index (χ4v) is 3.99. The molecule has 2 aromatic heterocycles. The fourth-order valence-electron chi connectivity index (χ4n) is 2.42. The molecule has 0 aliphatic heterocycles. The van der Waals surface area contributed by atoms with Crippen LogP contribution in [0.5, 0.6) is 5.75 Å². The number of carbonyl (C=O) groups excluding carboxylic acids is 2. The molecule has 2 heterocycles. The van der Waals surface area contributed by atoms with E-state index in [9.17, 15) is 9.59 Å². The Hall–Kier alpha value is -2.78. The van der Waals surface area contributed by atoms with Gasteiger partial charge in [0.25, 0.3) is 0 Å². The molecule has 0 fully saturated rings. The predicted molar refractivity (Wildman–Crippen MR) is 110 cm³/mol. The normalized spacial score (nSPS) is 10.5. The number of benzene rings is 1. The van der Waals surface area contributed by atoms with E-state index in [0.717, 1.165) is 11.4 Å². The number of hydrogen-bond acceptors (Lipinski definition) is 7. The van der Waals surface area contributed by atoms with Gasteiger partial charge in [0.2, 0.25) is 5.91 Å². The summed E-state index contributed by atoms with van der Waals surface area (Å²) in [6.45, 7) is 2.02. The lowest BCUT2D eigenvalue weighted by Crippen LogP contribution is -2.16. The summed E-state index contributed by atoms with van der Waals surface area (Å²) in [4.78, 5) is 28.6. The topological polar surface area (TPSA) is 82.5 Å². The minimum absolute atomic E-state index is 0.154. The monoisotopic (exact) mass is 417 g/mol. The molecule has 0 spiro atoms. The number of imidazole rings is 1. The van der Waals surface area contributed by atoms with Gasteiger partial charge in [-0.1, -0.05) is 17.8 Å². The number of nitrogens with zero attached hydrogens (tertiary/aromatic N) is 2. The van der Waals surface area contributed by atoms with Crippen molar-refractivity contribution in [3.05, 3.63) is 53.7 Å². The molecular formula is C19H19N3O4S2. The van der Waals surface area contributed by atoms with Gasteiger partial charge in [-0.3, -0.25) is 9.36 Å². The second-order valence-electron chi connectivity index (χ2n) is 5.50. The van der Waals surface area contributed by atoms with Gasteiger partial charge < -0.3 is 14.8 Å². The zero-order valence-electron chi connectivity index (χ0n) is 15.4. The molecule has 0 aliphatic carbocycles. The van der Waals surface area contributed by atoms with Crippen LogP contribution in [-0.4, -0.2) is 40.9 Å². The number of thiophene rings is 1. The highest BCUT2D eigenvalue weighted by Crippen LogP contribution is 2.26. The first-order chi connectivity index (χ1) is 13.6. The first kappa shape index (κ1) is 20.0. The van der Waals surface area contributed by atoms with E-state index in [-0.39, 0.29) is 18.3 Å². The Labute approximate surface area is 170 Å². The number of hydrogen-bond donors (Lipinski definition) is 1. The number of amides is 1. The molecule has 146 valence electrons. The van der Waals surface area contributed by atoms with E-state index in [4.69, 9.17) is 9.47 Å². The van der Waals surface area contributed by atoms with Gasteiger partial charge in [0.1, 0.15) is 10.8 Å². The highest BCUT2D eigenvalue weighted by atomic mass is 32.2. The van der Waals surface area contributed by atoms with Gasteiger partial charge in [0.05, 0.1) is 30.7 Å². The first-order valence-electron chi connectivity index (χ1n) is 8.47. The molecule has 3 rings (SSSR count). The average Bonchev–Trinajstić information content (AvgIpc) is 3.36. The Morgan fingerprint density at radius 1 is 1.32 bits per heavy atom. The van der Waals surface area contributed by atoms with E-state index in [0.29, 0.717) is 15.7 Å². The number of carbonyl (C=O) groups is 2. The number of aromatic nitrogens is 2. The molecule has 0 atom stereocenters. The van der Waals surface area contributed by atoms with Crippen LogP contribution in [0.15, 0.2) is 53.3 Å². The minimum atomic E-state index is -0.444. The molecule has 1 N–H and O–H groups in total. The number of ether oxygens (including phenoxy) is 2. The summed E-state index contributed by atoms with van der Waals surface area (Å²) < 4.78 is 12.1. The van der Waals surface area contributed by atoms with E-state index in [1.165, 1.54) is 23.1 Å². The lowest BCUT2D eigenvalue weighted by atomic mass is 10.3. The number of esters is 1. The summed E-state index contributed by atoms with van der Waals surface area (Å²) in [5.74, 6) is 0.226. The third kappa shape index (κ3) is 4.73. The van der Waals surface area contributed by atoms with Gasteiger partial charge >= 0.3 is 5.97 Å². The minimum Gasteiger partial charge on any atom is -0.497 e. The maximum atomic E-state index is 12.4. The highest BCUT2D eigenvalue weighted by molar-refractivity contribution is 7.99. The zero-order valence-corrected chi connectivity index (χ0v) is 17.0. The van der Waals surface area contributed by atoms with Crippen LogP contribution < -0.4 is 10.1 Å². The molecule has 28 heavy (non-hydrogen) atoms. The molecule has 9 heteroatoms. The lowest BCUT2D eigenvalue weighted by molar-refractivity contribution is -0.113. The summed E-state index contributed by atoms with van der Waals surface area (Å²) in [6, 6.07) is 9.22. The van der Waals surface area contributed by atoms with Gasteiger partial charge in [0, 0.05) is 18.5 Å². The average molecular weight is 418 g/mol. The quantitative estimate of drug-likeness (QED) is 0.443. The Morgan fingerprint density at radius 3 is 2.96 bits per heavy atom. The molecule has 1 amide bonds. The van der Waals surface area contributed by atoms with E-state index in [1.807, 2.05) is 35.0 Å². The van der Waals surface area contributed by atoms with Crippen molar-refractivity contribution < 1.29 is 19.1 Å². The molecule has 7 nitrogen and oxygen atoms in total. The number of anilines is 1. The van der Waals surface area contributed by atoms with Crippen molar-refractivity contribution in [3.63, 3.8) is 0 Å². The molecule has 0 bridgehead atoms.